The van der Waals surface area contributed by atoms with Crippen molar-refractivity contribution in [3.05, 3.63) is 0 Å². The summed E-state index contributed by atoms with van der Waals surface area (Å²) in [5, 5.41) is 0. The van der Waals surface area contributed by atoms with Gasteiger partial charge in [0.2, 0.25) is 0 Å². The molecule has 2 nitrogen and oxygen atoms in total. The third-order valence-corrected chi connectivity index (χ3v) is 1.60. The maximum atomic E-state index is 5.51. The summed E-state index contributed by atoms with van der Waals surface area (Å²) < 4.78 is 5.51. The minimum absolute atomic E-state index is 0. The first kappa shape index (κ1) is 10.2. The molecule has 1 fully saturated rings. The van der Waals surface area contributed by atoms with Crippen molar-refractivity contribution in [1.29, 1.82) is 0 Å². The van der Waals surface area contributed by atoms with E-state index in [0.717, 1.165) is 13.1 Å². The van der Waals surface area contributed by atoms with Gasteiger partial charge in [0, 0.05) is 13.1 Å². The van der Waals surface area contributed by atoms with Crippen molar-refractivity contribution in [3.63, 3.8) is 0 Å². The minimum Gasteiger partial charge on any atom is -0.373 e. The maximum absolute atomic E-state index is 5.51. The third-order valence-electron chi connectivity index (χ3n) is 1.60. The molecule has 1 heterocycles. The number of likely N-dealkylation sites (N-methyl/N-ethyl adjacent to an activating group) is 1. The fraction of sp³-hybridized carbons (Fsp3) is 1.00. The number of morpholine rings is 1. The van der Waals surface area contributed by atoms with Crippen LogP contribution in [0.25, 0.3) is 0 Å². The minimum atomic E-state index is 0. The van der Waals surface area contributed by atoms with Crippen LogP contribution in [0.15, 0.2) is 0 Å². The molecular formula is C7H16ClNO. The van der Waals surface area contributed by atoms with Gasteiger partial charge in [0.05, 0.1) is 12.2 Å². The summed E-state index contributed by atoms with van der Waals surface area (Å²) in [5.41, 5.74) is 0. The van der Waals surface area contributed by atoms with Crippen molar-refractivity contribution in [2.24, 2.45) is 0 Å². The van der Waals surface area contributed by atoms with E-state index in [0.29, 0.717) is 12.2 Å². The summed E-state index contributed by atoms with van der Waals surface area (Å²) in [6.07, 6.45) is 0.831. The van der Waals surface area contributed by atoms with Crippen molar-refractivity contribution >= 4 is 12.4 Å². The Bertz CT molecular complexity index is 74.6. The first-order chi connectivity index (χ1) is 4.18. The second-order valence-corrected chi connectivity index (χ2v) is 2.98. The molecule has 0 spiro atoms. The van der Waals surface area contributed by atoms with Gasteiger partial charge in [-0.2, -0.15) is 0 Å². The molecule has 2 atom stereocenters. The molecule has 2 unspecified atom stereocenters. The first-order valence-corrected chi connectivity index (χ1v) is 3.52. The van der Waals surface area contributed by atoms with Crippen LogP contribution in [0.5, 0.6) is 0 Å². The van der Waals surface area contributed by atoms with Crippen molar-refractivity contribution in [2.75, 3.05) is 20.1 Å². The van der Waals surface area contributed by atoms with Crippen LogP contribution in [0.2, 0.25) is 0 Å². The molecule has 0 amide bonds. The van der Waals surface area contributed by atoms with Gasteiger partial charge in [-0.25, -0.2) is 0 Å². The fourth-order valence-electron chi connectivity index (χ4n) is 1.44. The van der Waals surface area contributed by atoms with E-state index in [4.69, 9.17) is 4.74 Å². The largest absolute Gasteiger partial charge is 0.373 e. The number of hydrogen-bond acceptors (Lipinski definition) is 2. The van der Waals surface area contributed by atoms with E-state index in [-0.39, 0.29) is 12.4 Å². The Morgan fingerprint density at radius 2 is 1.60 bits per heavy atom. The topological polar surface area (TPSA) is 12.5 Å². The smallest absolute Gasteiger partial charge is 0.0678 e. The zero-order valence-corrected chi connectivity index (χ0v) is 7.65. The molecule has 0 aromatic carbocycles. The second-order valence-electron chi connectivity index (χ2n) is 2.98. The molecule has 0 radical (unpaired) electrons. The van der Waals surface area contributed by atoms with Gasteiger partial charge in [0.25, 0.3) is 0 Å². The molecule has 1 rings (SSSR count). The molecule has 0 aromatic heterocycles. The van der Waals surface area contributed by atoms with Crippen molar-refractivity contribution in [2.45, 2.75) is 26.1 Å². The average molecular weight is 166 g/mol. The highest BCUT2D eigenvalue weighted by molar-refractivity contribution is 5.85. The van der Waals surface area contributed by atoms with Crippen LogP contribution in [-0.4, -0.2) is 37.2 Å². The lowest BCUT2D eigenvalue weighted by Gasteiger charge is -2.32. The Morgan fingerprint density at radius 3 is 1.90 bits per heavy atom. The second kappa shape index (κ2) is 4.16. The maximum Gasteiger partial charge on any atom is 0.0678 e. The molecule has 0 saturated carbocycles. The Kier molecular flexibility index (Phi) is 4.25. The lowest BCUT2D eigenvalue weighted by molar-refractivity contribution is -0.0602. The molecule has 62 valence electrons. The highest BCUT2D eigenvalue weighted by Gasteiger charge is 2.18. The summed E-state index contributed by atoms with van der Waals surface area (Å²) in [6.45, 7) is 6.38. The van der Waals surface area contributed by atoms with Crippen LogP contribution in [-0.2, 0) is 4.74 Å². The van der Waals surface area contributed by atoms with Crippen molar-refractivity contribution in [1.82, 2.24) is 4.90 Å². The number of rotatable bonds is 0. The van der Waals surface area contributed by atoms with Crippen LogP contribution in [0, 0.1) is 0 Å². The molecule has 10 heavy (non-hydrogen) atoms. The van der Waals surface area contributed by atoms with E-state index >= 15 is 0 Å². The van der Waals surface area contributed by atoms with Gasteiger partial charge in [0.15, 0.2) is 0 Å². The summed E-state index contributed by atoms with van der Waals surface area (Å²) >= 11 is 0. The van der Waals surface area contributed by atoms with Crippen LogP contribution >= 0.6 is 12.4 Å². The number of nitrogens with zero attached hydrogens (tertiary/aromatic N) is 1. The van der Waals surface area contributed by atoms with Crippen LogP contribution < -0.4 is 0 Å². The highest BCUT2D eigenvalue weighted by Crippen LogP contribution is 2.07. The highest BCUT2D eigenvalue weighted by atomic mass is 35.5. The molecule has 0 aliphatic carbocycles. The van der Waals surface area contributed by atoms with Gasteiger partial charge in [-0.1, -0.05) is 0 Å². The summed E-state index contributed by atoms with van der Waals surface area (Å²) in [5.74, 6) is 0. The molecule has 0 bridgehead atoms. The summed E-state index contributed by atoms with van der Waals surface area (Å²) in [4.78, 5) is 2.30. The van der Waals surface area contributed by atoms with Crippen LogP contribution in [0.4, 0.5) is 0 Å². The average Bonchev–Trinajstić information content (AvgIpc) is 1.59. The Labute approximate surface area is 68.9 Å². The van der Waals surface area contributed by atoms with E-state index in [1.165, 1.54) is 0 Å². The molecule has 1 aliphatic heterocycles. The Morgan fingerprint density at radius 1 is 1.20 bits per heavy atom. The van der Waals surface area contributed by atoms with Gasteiger partial charge < -0.3 is 9.64 Å². The Balaban J connectivity index is 0.000000810. The van der Waals surface area contributed by atoms with Gasteiger partial charge in [-0.3, -0.25) is 0 Å². The molecule has 1 saturated heterocycles. The predicted molar refractivity (Wildman–Crippen MR) is 44.8 cm³/mol. The monoisotopic (exact) mass is 165 g/mol. The molecule has 0 N–H and O–H groups in total. The number of ether oxygens (including phenoxy) is 1. The number of hydrogen-bond donors (Lipinski definition) is 0. The van der Waals surface area contributed by atoms with E-state index in [1.54, 1.807) is 0 Å². The summed E-state index contributed by atoms with van der Waals surface area (Å²) in [7, 11) is 2.13. The fourth-order valence-corrected chi connectivity index (χ4v) is 1.44. The normalized spacial score (nSPS) is 35.1. The number of halogens is 1. The summed E-state index contributed by atoms with van der Waals surface area (Å²) in [6, 6.07) is 0. The standard InChI is InChI=1S/C7H15NO.ClH/c1-6-4-8(3)5-7(2)9-6;/h6-7H,4-5H2,1-3H3;1H. The molecule has 3 heteroatoms. The van der Waals surface area contributed by atoms with Gasteiger partial charge in [-0.05, 0) is 20.9 Å². The molecule has 0 aromatic rings. The lowest BCUT2D eigenvalue weighted by Crippen LogP contribution is -2.42. The quantitative estimate of drug-likeness (QED) is 0.534. The molecule has 1 aliphatic rings. The van der Waals surface area contributed by atoms with Crippen LogP contribution in [0.1, 0.15) is 13.8 Å². The predicted octanol–water partition coefficient (Wildman–Crippen LogP) is 1.15. The third kappa shape index (κ3) is 2.86. The van der Waals surface area contributed by atoms with Gasteiger partial charge in [-0.15, -0.1) is 12.4 Å². The van der Waals surface area contributed by atoms with Gasteiger partial charge >= 0.3 is 0 Å². The van der Waals surface area contributed by atoms with Gasteiger partial charge in [0.1, 0.15) is 0 Å². The SMILES string of the molecule is CC1CN(C)CC(C)O1.Cl. The Hall–Kier alpha value is 0.210. The zero-order valence-electron chi connectivity index (χ0n) is 6.83. The molecular weight excluding hydrogens is 150 g/mol. The van der Waals surface area contributed by atoms with Crippen LogP contribution in [0.3, 0.4) is 0 Å². The first-order valence-electron chi connectivity index (χ1n) is 3.52. The van der Waals surface area contributed by atoms with E-state index in [9.17, 15) is 0 Å². The van der Waals surface area contributed by atoms with E-state index in [2.05, 4.69) is 25.8 Å². The lowest BCUT2D eigenvalue weighted by atomic mass is 10.2. The van der Waals surface area contributed by atoms with Crippen molar-refractivity contribution in [3.8, 4) is 0 Å². The van der Waals surface area contributed by atoms with Crippen molar-refractivity contribution < 1.29 is 4.74 Å². The zero-order chi connectivity index (χ0) is 6.85. The van der Waals surface area contributed by atoms with E-state index in [1.807, 2.05) is 0 Å². The van der Waals surface area contributed by atoms with E-state index < -0.39 is 0 Å².